The highest BCUT2D eigenvalue weighted by Crippen LogP contribution is 2.23. The van der Waals surface area contributed by atoms with Crippen LogP contribution in [0.2, 0.25) is 0 Å². The molecular weight excluding hydrogens is 292 g/mol. The van der Waals surface area contributed by atoms with Gasteiger partial charge < -0.3 is 16.2 Å². The highest BCUT2D eigenvalue weighted by Gasteiger charge is 2.00. The third-order valence-corrected chi connectivity index (χ3v) is 3.16. The lowest BCUT2D eigenvalue weighted by Gasteiger charge is -2.10. The summed E-state index contributed by atoms with van der Waals surface area (Å²) >= 11 is 3.38. The molecule has 0 saturated heterocycles. The molecule has 2 rings (SSSR count). The van der Waals surface area contributed by atoms with E-state index in [9.17, 15) is 0 Å². The second-order valence-corrected chi connectivity index (χ2v) is 4.98. The van der Waals surface area contributed by atoms with Crippen LogP contribution in [0.1, 0.15) is 11.1 Å². The molecule has 94 valence electrons. The molecule has 0 radical (unpaired) electrons. The molecule has 0 aliphatic rings. The van der Waals surface area contributed by atoms with E-state index in [0.717, 1.165) is 21.3 Å². The molecular formula is C14H15BrN2O. The van der Waals surface area contributed by atoms with Crippen molar-refractivity contribution in [3.05, 3.63) is 58.1 Å². The summed E-state index contributed by atoms with van der Waals surface area (Å²) in [4.78, 5) is 0. The fourth-order valence-electron chi connectivity index (χ4n) is 1.73. The van der Waals surface area contributed by atoms with E-state index < -0.39 is 0 Å². The SMILES string of the molecule is Nc1cc(Br)ccc1NCc1cccc(CO)c1. The Bertz CT molecular complexity index is 543. The van der Waals surface area contributed by atoms with E-state index in [1.54, 1.807) is 0 Å². The van der Waals surface area contributed by atoms with Gasteiger partial charge in [-0.05, 0) is 29.3 Å². The molecule has 0 atom stereocenters. The van der Waals surface area contributed by atoms with Crippen molar-refractivity contribution in [3.8, 4) is 0 Å². The number of hydrogen-bond donors (Lipinski definition) is 3. The molecule has 4 heteroatoms. The lowest BCUT2D eigenvalue weighted by molar-refractivity contribution is 0.281. The summed E-state index contributed by atoms with van der Waals surface area (Å²) in [5, 5.41) is 12.4. The summed E-state index contributed by atoms with van der Waals surface area (Å²) in [5.74, 6) is 0. The van der Waals surface area contributed by atoms with Crippen LogP contribution in [0.4, 0.5) is 11.4 Å². The Kier molecular flexibility index (Phi) is 4.23. The first kappa shape index (κ1) is 12.9. The van der Waals surface area contributed by atoms with Crippen LogP contribution < -0.4 is 11.1 Å². The molecule has 0 bridgehead atoms. The lowest BCUT2D eigenvalue weighted by Crippen LogP contribution is -2.02. The molecule has 4 N–H and O–H groups in total. The van der Waals surface area contributed by atoms with E-state index >= 15 is 0 Å². The first-order chi connectivity index (χ1) is 8.69. The Labute approximate surface area is 115 Å². The molecule has 2 aromatic carbocycles. The number of aliphatic hydroxyl groups is 1. The highest BCUT2D eigenvalue weighted by molar-refractivity contribution is 9.10. The summed E-state index contributed by atoms with van der Waals surface area (Å²) in [7, 11) is 0. The molecule has 3 nitrogen and oxygen atoms in total. The number of benzene rings is 2. The normalized spacial score (nSPS) is 10.3. The second kappa shape index (κ2) is 5.89. The molecule has 0 fully saturated rings. The van der Waals surface area contributed by atoms with Crippen molar-refractivity contribution in [2.75, 3.05) is 11.1 Å². The van der Waals surface area contributed by atoms with Crippen LogP contribution in [0.5, 0.6) is 0 Å². The average molecular weight is 307 g/mol. The van der Waals surface area contributed by atoms with E-state index in [1.165, 1.54) is 0 Å². The summed E-state index contributed by atoms with van der Waals surface area (Å²) in [5.41, 5.74) is 9.56. The molecule has 0 unspecified atom stereocenters. The Morgan fingerprint density at radius 2 is 1.89 bits per heavy atom. The van der Waals surface area contributed by atoms with Crippen LogP contribution in [-0.4, -0.2) is 5.11 Å². The average Bonchev–Trinajstić information content (AvgIpc) is 2.38. The van der Waals surface area contributed by atoms with Gasteiger partial charge in [0.15, 0.2) is 0 Å². The van der Waals surface area contributed by atoms with Crippen LogP contribution in [0, 0.1) is 0 Å². The predicted molar refractivity (Wildman–Crippen MR) is 78.2 cm³/mol. The number of aliphatic hydroxyl groups excluding tert-OH is 1. The van der Waals surface area contributed by atoms with E-state index in [4.69, 9.17) is 10.8 Å². The topological polar surface area (TPSA) is 58.3 Å². The number of hydrogen-bond acceptors (Lipinski definition) is 3. The van der Waals surface area contributed by atoms with Crippen molar-refractivity contribution in [2.24, 2.45) is 0 Å². The fourth-order valence-corrected chi connectivity index (χ4v) is 2.11. The van der Waals surface area contributed by atoms with Crippen LogP contribution in [0.15, 0.2) is 46.9 Å². The van der Waals surface area contributed by atoms with Crippen molar-refractivity contribution >= 4 is 27.3 Å². The molecule has 0 amide bonds. The molecule has 0 aromatic heterocycles. The predicted octanol–water partition coefficient (Wildman–Crippen LogP) is 3.14. The third-order valence-electron chi connectivity index (χ3n) is 2.67. The largest absolute Gasteiger partial charge is 0.397 e. The van der Waals surface area contributed by atoms with Crippen LogP contribution >= 0.6 is 15.9 Å². The van der Waals surface area contributed by atoms with Crippen molar-refractivity contribution in [2.45, 2.75) is 13.2 Å². The van der Waals surface area contributed by atoms with Crippen LogP contribution in [0.3, 0.4) is 0 Å². The van der Waals surface area contributed by atoms with Crippen LogP contribution in [0.25, 0.3) is 0 Å². The van der Waals surface area contributed by atoms with E-state index in [0.29, 0.717) is 12.2 Å². The highest BCUT2D eigenvalue weighted by atomic mass is 79.9. The van der Waals surface area contributed by atoms with Crippen molar-refractivity contribution in [3.63, 3.8) is 0 Å². The van der Waals surface area contributed by atoms with Crippen molar-refractivity contribution < 1.29 is 5.11 Å². The maximum absolute atomic E-state index is 9.08. The van der Waals surface area contributed by atoms with Crippen LogP contribution in [-0.2, 0) is 13.2 Å². The van der Waals surface area contributed by atoms with Gasteiger partial charge in [0, 0.05) is 11.0 Å². The number of nitrogens with one attached hydrogen (secondary N) is 1. The van der Waals surface area contributed by atoms with Gasteiger partial charge in [-0.15, -0.1) is 0 Å². The molecule has 0 saturated carbocycles. The molecule has 0 aliphatic heterocycles. The Hall–Kier alpha value is -1.52. The zero-order valence-electron chi connectivity index (χ0n) is 9.86. The van der Waals surface area contributed by atoms with Gasteiger partial charge >= 0.3 is 0 Å². The minimum atomic E-state index is 0.0638. The number of anilines is 2. The number of nitrogen functional groups attached to an aromatic ring is 1. The number of nitrogens with two attached hydrogens (primary N) is 1. The standard InChI is InChI=1S/C14H15BrN2O/c15-12-4-5-14(13(16)7-12)17-8-10-2-1-3-11(6-10)9-18/h1-7,17-18H,8-9,16H2. The zero-order valence-corrected chi connectivity index (χ0v) is 11.4. The summed E-state index contributed by atoms with van der Waals surface area (Å²) in [6, 6.07) is 13.6. The molecule has 2 aromatic rings. The van der Waals surface area contributed by atoms with E-state index in [1.807, 2.05) is 42.5 Å². The second-order valence-electron chi connectivity index (χ2n) is 4.06. The van der Waals surface area contributed by atoms with E-state index in [-0.39, 0.29) is 6.61 Å². The quantitative estimate of drug-likeness (QED) is 0.761. The first-order valence-corrected chi connectivity index (χ1v) is 6.46. The lowest BCUT2D eigenvalue weighted by atomic mass is 10.1. The zero-order chi connectivity index (χ0) is 13.0. The molecule has 0 spiro atoms. The number of halogens is 1. The number of rotatable bonds is 4. The summed E-state index contributed by atoms with van der Waals surface area (Å²) in [6.07, 6.45) is 0. The fraction of sp³-hybridized carbons (Fsp3) is 0.143. The van der Waals surface area contributed by atoms with Crippen molar-refractivity contribution in [1.29, 1.82) is 0 Å². The van der Waals surface area contributed by atoms with Gasteiger partial charge in [0.1, 0.15) is 0 Å². The summed E-state index contributed by atoms with van der Waals surface area (Å²) < 4.78 is 0.966. The Morgan fingerprint density at radius 3 is 2.61 bits per heavy atom. The van der Waals surface area contributed by atoms with Crippen molar-refractivity contribution in [1.82, 2.24) is 0 Å². The monoisotopic (exact) mass is 306 g/mol. The summed E-state index contributed by atoms with van der Waals surface area (Å²) in [6.45, 7) is 0.744. The van der Waals surface area contributed by atoms with Gasteiger partial charge in [-0.3, -0.25) is 0 Å². The van der Waals surface area contributed by atoms with Gasteiger partial charge in [0.2, 0.25) is 0 Å². The third kappa shape index (κ3) is 3.24. The van der Waals surface area contributed by atoms with Gasteiger partial charge in [0.05, 0.1) is 18.0 Å². The maximum Gasteiger partial charge on any atom is 0.0681 e. The molecule has 18 heavy (non-hydrogen) atoms. The Balaban J connectivity index is 2.06. The minimum Gasteiger partial charge on any atom is -0.397 e. The first-order valence-electron chi connectivity index (χ1n) is 5.66. The van der Waals surface area contributed by atoms with E-state index in [2.05, 4.69) is 21.2 Å². The van der Waals surface area contributed by atoms with Gasteiger partial charge in [-0.1, -0.05) is 40.2 Å². The maximum atomic E-state index is 9.08. The van der Waals surface area contributed by atoms with Gasteiger partial charge in [0.25, 0.3) is 0 Å². The van der Waals surface area contributed by atoms with Gasteiger partial charge in [-0.2, -0.15) is 0 Å². The van der Waals surface area contributed by atoms with Gasteiger partial charge in [-0.25, -0.2) is 0 Å². The Morgan fingerprint density at radius 1 is 1.11 bits per heavy atom. The molecule has 0 heterocycles. The minimum absolute atomic E-state index is 0.0638. The molecule has 0 aliphatic carbocycles. The smallest absolute Gasteiger partial charge is 0.0681 e.